The highest BCUT2D eigenvalue weighted by Gasteiger charge is 2.23. The van der Waals surface area contributed by atoms with Crippen molar-refractivity contribution in [1.29, 1.82) is 0 Å². The highest BCUT2D eigenvalue weighted by Crippen LogP contribution is 2.32. The summed E-state index contributed by atoms with van der Waals surface area (Å²) in [6.07, 6.45) is 0. The lowest BCUT2D eigenvalue weighted by atomic mass is 10.1. The van der Waals surface area contributed by atoms with Crippen LogP contribution in [0.4, 0.5) is 14.5 Å². The summed E-state index contributed by atoms with van der Waals surface area (Å²) >= 11 is 1.06. The van der Waals surface area contributed by atoms with Gasteiger partial charge < -0.3 is 11.1 Å². The third-order valence-electron chi connectivity index (χ3n) is 3.25. The zero-order chi connectivity index (χ0) is 16.6. The van der Waals surface area contributed by atoms with Crippen LogP contribution in [0.5, 0.6) is 0 Å². The van der Waals surface area contributed by atoms with Crippen LogP contribution in [-0.4, -0.2) is 11.8 Å². The number of primary amides is 1. The zero-order valence-corrected chi connectivity index (χ0v) is 12.4. The molecular weight excluding hydrogens is 322 g/mol. The molecule has 0 radical (unpaired) electrons. The van der Waals surface area contributed by atoms with Gasteiger partial charge in [-0.2, -0.15) is 0 Å². The minimum Gasteiger partial charge on any atom is -0.365 e. The molecule has 0 fully saturated rings. The van der Waals surface area contributed by atoms with Gasteiger partial charge in [-0.1, -0.05) is 24.3 Å². The fourth-order valence-corrected chi connectivity index (χ4v) is 3.29. The minimum atomic E-state index is -0.904. The van der Waals surface area contributed by atoms with E-state index in [0.717, 1.165) is 23.5 Å². The number of hydrogen-bond donors (Lipinski definition) is 2. The number of para-hydroxylation sites is 1. The summed E-state index contributed by atoms with van der Waals surface area (Å²) in [6, 6.07) is 10.1. The molecule has 7 heteroatoms. The van der Waals surface area contributed by atoms with Gasteiger partial charge in [0.1, 0.15) is 22.2 Å². The lowest BCUT2D eigenvalue weighted by molar-refractivity contribution is 0.0981. The number of carbonyl (C=O) groups is 2. The molecule has 0 aliphatic carbocycles. The van der Waals surface area contributed by atoms with Crippen LogP contribution < -0.4 is 11.1 Å². The Morgan fingerprint density at radius 2 is 1.65 bits per heavy atom. The number of amides is 2. The maximum Gasteiger partial charge on any atom is 0.259 e. The van der Waals surface area contributed by atoms with E-state index < -0.39 is 29.1 Å². The number of thiophene rings is 1. The van der Waals surface area contributed by atoms with Crippen molar-refractivity contribution in [3.05, 3.63) is 64.5 Å². The van der Waals surface area contributed by atoms with Gasteiger partial charge in [0.2, 0.25) is 0 Å². The largest absolute Gasteiger partial charge is 0.365 e. The van der Waals surface area contributed by atoms with Gasteiger partial charge in [-0.3, -0.25) is 9.59 Å². The fraction of sp³-hybridized carbons (Fsp3) is 0. The van der Waals surface area contributed by atoms with E-state index in [2.05, 4.69) is 5.32 Å². The van der Waals surface area contributed by atoms with E-state index >= 15 is 0 Å². The molecule has 3 N–H and O–H groups in total. The van der Waals surface area contributed by atoms with Crippen molar-refractivity contribution in [2.75, 3.05) is 5.32 Å². The van der Waals surface area contributed by atoms with Crippen LogP contribution in [0.25, 0.3) is 10.1 Å². The summed E-state index contributed by atoms with van der Waals surface area (Å²) < 4.78 is 28.0. The van der Waals surface area contributed by atoms with Gasteiger partial charge >= 0.3 is 0 Å². The lowest BCUT2D eigenvalue weighted by Gasteiger charge is -2.08. The average Bonchev–Trinajstić information content (AvgIpc) is 2.91. The Morgan fingerprint density at radius 1 is 1.00 bits per heavy atom. The lowest BCUT2D eigenvalue weighted by Crippen LogP contribution is -2.19. The highest BCUT2D eigenvalue weighted by atomic mass is 32.1. The number of benzene rings is 2. The molecule has 116 valence electrons. The Morgan fingerprint density at radius 3 is 2.30 bits per heavy atom. The summed E-state index contributed by atoms with van der Waals surface area (Å²) in [5, 5.41) is 2.68. The van der Waals surface area contributed by atoms with E-state index in [1.54, 1.807) is 24.3 Å². The molecule has 1 aromatic heterocycles. The van der Waals surface area contributed by atoms with Crippen molar-refractivity contribution in [2.24, 2.45) is 5.73 Å². The molecule has 0 spiro atoms. The number of rotatable bonds is 3. The summed E-state index contributed by atoms with van der Waals surface area (Å²) in [6.45, 7) is 0. The van der Waals surface area contributed by atoms with E-state index in [-0.39, 0.29) is 10.4 Å². The molecule has 1 heterocycles. The van der Waals surface area contributed by atoms with E-state index in [9.17, 15) is 18.4 Å². The van der Waals surface area contributed by atoms with E-state index in [0.29, 0.717) is 10.1 Å². The quantitative estimate of drug-likeness (QED) is 0.770. The van der Waals surface area contributed by atoms with Crippen LogP contribution >= 0.6 is 11.3 Å². The molecule has 3 aromatic rings. The molecular formula is C16H10F2N2O2S. The summed E-state index contributed by atoms with van der Waals surface area (Å²) in [5.41, 5.74) is 4.76. The Bertz CT molecular complexity index is 917. The van der Waals surface area contributed by atoms with E-state index in [1.807, 2.05) is 0 Å². The van der Waals surface area contributed by atoms with E-state index in [1.165, 1.54) is 6.07 Å². The molecule has 0 saturated heterocycles. The SMILES string of the molecule is NC(=O)c1sc2ccccc2c1C(=O)Nc1c(F)cccc1F. The summed E-state index contributed by atoms with van der Waals surface area (Å²) in [4.78, 5) is 24.1. The standard InChI is InChI=1S/C16H10F2N2O2S/c17-9-5-3-6-10(18)13(9)20-16(22)12-8-4-1-2-7-11(8)23-14(12)15(19)21/h1-7H,(H2,19,21)(H,20,22). The number of hydrogen-bond acceptors (Lipinski definition) is 3. The second kappa shape index (κ2) is 5.77. The van der Waals surface area contributed by atoms with Crippen LogP contribution in [0.1, 0.15) is 20.0 Å². The van der Waals surface area contributed by atoms with Crippen molar-refractivity contribution in [2.45, 2.75) is 0 Å². The van der Waals surface area contributed by atoms with Gasteiger partial charge in [-0.15, -0.1) is 11.3 Å². The Hall–Kier alpha value is -2.80. The normalized spacial score (nSPS) is 10.7. The van der Waals surface area contributed by atoms with Crippen molar-refractivity contribution in [1.82, 2.24) is 0 Å². The number of nitrogens with two attached hydrogens (primary N) is 1. The Balaban J connectivity index is 2.11. The molecule has 0 unspecified atom stereocenters. The monoisotopic (exact) mass is 332 g/mol. The summed E-state index contributed by atoms with van der Waals surface area (Å²) in [7, 11) is 0. The first-order valence-electron chi connectivity index (χ1n) is 6.55. The van der Waals surface area contributed by atoms with Crippen LogP contribution in [0, 0.1) is 11.6 Å². The average molecular weight is 332 g/mol. The second-order valence-corrected chi connectivity index (χ2v) is 5.77. The van der Waals surface area contributed by atoms with Crippen LogP contribution in [0.2, 0.25) is 0 Å². The molecule has 0 aliphatic rings. The maximum absolute atomic E-state index is 13.7. The van der Waals surface area contributed by atoms with Crippen LogP contribution in [0.15, 0.2) is 42.5 Å². The maximum atomic E-state index is 13.7. The first kappa shape index (κ1) is 15.1. The minimum absolute atomic E-state index is 0.0146. The highest BCUT2D eigenvalue weighted by molar-refractivity contribution is 7.21. The topological polar surface area (TPSA) is 72.2 Å². The van der Waals surface area contributed by atoms with Crippen molar-refractivity contribution in [3.63, 3.8) is 0 Å². The predicted octanol–water partition coefficient (Wildman–Crippen LogP) is 3.53. The van der Waals surface area contributed by atoms with Crippen LogP contribution in [0.3, 0.4) is 0 Å². The molecule has 0 saturated carbocycles. The number of halogens is 2. The molecule has 3 rings (SSSR count). The van der Waals surface area contributed by atoms with Gasteiger partial charge in [0, 0.05) is 10.1 Å². The van der Waals surface area contributed by atoms with Gasteiger partial charge in [0.25, 0.3) is 11.8 Å². The molecule has 2 aromatic carbocycles. The number of fused-ring (bicyclic) bond motifs is 1. The van der Waals surface area contributed by atoms with Crippen molar-refractivity contribution >= 4 is 38.9 Å². The second-order valence-electron chi connectivity index (χ2n) is 4.72. The third-order valence-corrected chi connectivity index (χ3v) is 4.43. The molecule has 2 amide bonds. The molecule has 0 aliphatic heterocycles. The van der Waals surface area contributed by atoms with Gasteiger partial charge in [0.05, 0.1) is 5.56 Å². The third kappa shape index (κ3) is 2.66. The number of anilines is 1. The molecule has 0 bridgehead atoms. The molecule has 23 heavy (non-hydrogen) atoms. The Labute approximate surface area is 133 Å². The fourth-order valence-electron chi connectivity index (χ4n) is 2.24. The van der Waals surface area contributed by atoms with Gasteiger partial charge in [-0.05, 0) is 18.2 Å². The van der Waals surface area contributed by atoms with E-state index in [4.69, 9.17) is 5.73 Å². The van der Waals surface area contributed by atoms with Gasteiger partial charge in [-0.25, -0.2) is 8.78 Å². The first-order chi connectivity index (χ1) is 11.0. The van der Waals surface area contributed by atoms with Crippen molar-refractivity contribution < 1.29 is 18.4 Å². The van der Waals surface area contributed by atoms with Crippen molar-refractivity contribution in [3.8, 4) is 0 Å². The van der Waals surface area contributed by atoms with Crippen LogP contribution in [-0.2, 0) is 0 Å². The van der Waals surface area contributed by atoms with Gasteiger partial charge in [0.15, 0.2) is 0 Å². The molecule has 4 nitrogen and oxygen atoms in total. The zero-order valence-electron chi connectivity index (χ0n) is 11.6. The first-order valence-corrected chi connectivity index (χ1v) is 7.37. The number of nitrogens with one attached hydrogen (secondary N) is 1. The smallest absolute Gasteiger partial charge is 0.259 e. The molecule has 0 atom stereocenters. The summed E-state index contributed by atoms with van der Waals surface area (Å²) in [5.74, 6) is -3.37. The number of carbonyl (C=O) groups excluding carboxylic acids is 2. The predicted molar refractivity (Wildman–Crippen MR) is 84.7 cm³/mol. The Kier molecular flexibility index (Phi) is 3.79.